The summed E-state index contributed by atoms with van der Waals surface area (Å²) in [6.45, 7) is 9.36. The van der Waals surface area contributed by atoms with Crippen molar-refractivity contribution in [2.24, 2.45) is 0 Å². The van der Waals surface area contributed by atoms with Crippen LogP contribution in [0.15, 0.2) is 0 Å². The summed E-state index contributed by atoms with van der Waals surface area (Å²) in [5.74, 6) is 0.132. The molecular weight excluding hydrogens is 152 g/mol. The van der Waals surface area contributed by atoms with Gasteiger partial charge in [-0.15, -0.1) is 0 Å². The molecule has 1 amide bonds. The molecule has 0 saturated heterocycles. The van der Waals surface area contributed by atoms with Crippen molar-refractivity contribution < 1.29 is 4.79 Å². The van der Waals surface area contributed by atoms with Gasteiger partial charge in [-0.3, -0.25) is 9.69 Å². The number of nitrogens with one attached hydrogen (secondary N) is 1. The Kier molecular flexibility index (Phi) is 6.76. The molecule has 0 atom stereocenters. The third-order valence-corrected chi connectivity index (χ3v) is 1.73. The lowest BCUT2D eigenvalue weighted by molar-refractivity contribution is -0.122. The fourth-order valence-electron chi connectivity index (χ4n) is 1.12. The van der Waals surface area contributed by atoms with Gasteiger partial charge < -0.3 is 5.32 Å². The van der Waals surface area contributed by atoms with Crippen LogP contribution in [-0.4, -0.2) is 37.0 Å². The predicted octanol–water partition coefficient (Wildman–Crippen LogP) is 0.854. The van der Waals surface area contributed by atoms with E-state index in [0.29, 0.717) is 6.54 Å². The van der Waals surface area contributed by atoms with Gasteiger partial charge in [0.15, 0.2) is 0 Å². The Balaban J connectivity index is 3.61. The first-order valence-electron chi connectivity index (χ1n) is 4.73. The van der Waals surface area contributed by atoms with E-state index in [1.807, 2.05) is 6.92 Å². The number of carbonyl (C=O) groups is 1. The Morgan fingerprint density at radius 2 is 2.00 bits per heavy atom. The highest BCUT2D eigenvalue weighted by Crippen LogP contribution is 1.89. The molecule has 0 heterocycles. The van der Waals surface area contributed by atoms with Crippen LogP contribution < -0.4 is 5.32 Å². The van der Waals surface area contributed by atoms with Crippen LogP contribution in [0.5, 0.6) is 0 Å². The molecule has 3 heteroatoms. The molecule has 0 fully saturated rings. The third-order valence-electron chi connectivity index (χ3n) is 1.73. The number of carbonyl (C=O) groups excluding carboxylic acids is 1. The number of hydrogen-bond acceptors (Lipinski definition) is 2. The van der Waals surface area contributed by atoms with Crippen LogP contribution in [0.4, 0.5) is 0 Å². The predicted molar refractivity (Wildman–Crippen MR) is 51.1 cm³/mol. The van der Waals surface area contributed by atoms with Crippen molar-refractivity contribution in [1.29, 1.82) is 0 Å². The molecule has 0 saturated carbocycles. The lowest BCUT2D eigenvalue weighted by Crippen LogP contribution is -2.37. The fourth-order valence-corrected chi connectivity index (χ4v) is 1.12. The summed E-state index contributed by atoms with van der Waals surface area (Å²) in [5, 5.41) is 2.79. The zero-order chi connectivity index (χ0) is 9.40. The molecule has 1 N–H and O–H groups in total. The van der Waals surface area contributed by atoms with Gasteiger partial charge in [-0.1, -0.05) is 13.8 Å². The first kappa shape index (κ1) is 11.4. The normalized spacial score (nSPS) is 10.3. The quantitative estimate of drug-likeness (QED) is 0.644. The van der Waals surface area contributed by atoms with Crippen molar-refractivity contribution >= 4 is 5.91 Å². The summed E-state index contributed by atoms with van der Waals surface area (Å²) in [4.78, 5) is 13.3. The van der Waals surface area contributed by atoms with E-state index in [-0.39, 0.29) is 5.91 Å². The van der Waals surface area contributed by atoms with Crippen LogP contribution in [0, 0.1) is 0 Å². The smallest absolute Gasteiger partial charge is 0.234 e. The second-order valence-electron chi connectivity index (χ2n) is 2.82. The van der Waals surface area contributed by atoms with Crippen LogP contribution in [-0.2, 0) is 4.79 Å². The van der Waals surface area contributed by atoms with E-state index in [0.717, 1.165) is 26.1 Å². The van der Waals surface area contributed by atoms with Gasteiger partial charge in [0.05, 0.1) is 6.54 Å². The standard InChI is InChI=1S/C9H20N2O/c1-4-7-11(6-3)8-9(12)10-5-2/h4-8H2,1-3H3,(H,10,12). The average molecular weight is 172 g/mol. The summed E-state index contributed by atoms with van der Waals surface area (Å²) in [7, 11) is 0. The van der Waals surface area contributed by atoms with Crippen molar-refractivity contribution in [3.05, 3.63) is 0 Å². The zero-order valence-corrected chi connectivity index (χ0v) is 8.39. The Hall–Kier alpha value is -0.570. The van der Waals surface area contributed by atoms with E-state index >= 15 is 0 Å². The van der Waals surface area contributed by atoms with Gasteiger partial charge in [0, 0.05) is 6.54 Å². The third kappa shape index (κ3) is 5.13. The highest BCUT2D eigenvalue weighted by molar-refractivity contribution is 5.77. The molecule has 0 aromatic carbocycles. The number of rotatable bonds is 6. The fraction of sp³-hybridized carbons (Fsp3) is 0.889. The number of hydrogen-bond donors (Lipinski definition) is 1. The van der Waals surface area contributed by atoms with Crippen molar-refractivity contribution in [3.63, 3.8) is 0 Å². The second-order valence-corrected chi connectivity index (χ2v) is 2.82. The minimum Gasteiger partial charge on any atom is -0.355 e. The summed E-state index contributed by atoms with van der Waals surface area (Å²) in [5.41, 5.74) is 0. The van der Waals surface area contributed by atoms with Gasteiger partial charge in [0.2, 0.25) is 5.91 Å². The first-order chi connectivity index (χ1) is 5.74. The average Bonchev–Trinajstić information content (AvgIpc) is 2.04. The molecule has 0 aliphatic rings. The first-order valence-corrected chi connectivity index (χ1v) is 4.73. The maximum absolute atomic E-state index is 11.1. The van der Waals surface area contributed by atoms with Gasteiger partial charge in [0.1, 0.15) is 0 Å². The second kappa shape index (κ2) is 7.10. The number of likely N-dealkylation sites (N-methyl/N-ethyl adjacent to an activating group) is 2. The molecule has 12 heavy (non-hydrogen) atoms. The van der Waals surface area contributed by atoms with Crippen molar-refractivity contribution in [2.45, 2.75) is 27.2 Å². The molecule has 3 nitrogen and oxygen atoms in total. The van der Waals surface area contributed by atoms with E-state index < -0.39 is 0 Å². The van der Waals surface area contributed by atoms with E-state index in [1.54, 1.807) is 0 Å². The molecule has 0 radical (unpaired) electrons. The topological polar surface area (TPSA) is 32.3 Å². The highest BCUT2D eigenvalue weighted by atomic mass is 16.2. The number of amides is 1. The van der Waals surface area contributed by atoms with Gasteiger partial charge in [0.25, 0.3) is 0 Å². The minimum absolute atomic E-state index is 0.132. The van der Waals surface area contributed by atoms with Crippen molar-refractivity contribution in [3.8, 4) is 0 Å². The SMILES string of the molecule is CCCN(CC)CC(=O)NCC. The lowest BCUT2D eigenvalue weighted by atomic mass is 10.4. The van der Waals surface area contributed by atoms with Gasteiger partial charge in [-0.05, 0) is 26.4 Å². The van der Waals surface area contributed by atoms with E-state index in [1.165, 1.54) is 0 Å². The maximum Gasteiger partial charge on any atom is 0.234 e. The Morgan fingerprint density at radius 3 is 2.42 bits per heavy atom. The molecule has 0 rings (SSSR count). The van der Waals surface area contributed by atoms with E-state index in [9.17, 15) is 4.79 Å². The molecule has 72 valence electrons. The van der Waals surface area contributed by atoms with Crippen molar-refractivity contribution in [1.82, 2.24) is 10.2 Å². The molecule has 0 aromatic rings. The van der Waals surface area contributed by atoms with Gasteiger partial charge in [-0.2, -0.15) is 0 Å². The van der Waals surface area contributed by atoms with Crippen LogP contribution in [0.1, 0.15) is 27.2 Å². The molecule has 0 aliphatic heterocycles. The van der Waals surface area contributed by atoms with Gasteiger partial charge >= 0.3 is 0 Å². The summed E-state index contributed by atoms with van der Waals surface area (Å²) in [6.07, 6.45) is 1.10. The largest absolute Gasteiger partial charge is 0.355 e. The van der Waals surface area contributed by atoms with Crippen LogP contribution in [0.2, 0.25) is 0 Å². The van der Waals surface area contributed by atoms with Crippen LogP contribution >= 0.6 is 0 Å². The summed E-state index contributed by atoms with van der Waals surface area (Å²) in [6, 6.07) is 0. The summed E-state index contributed by atoms with van der Waals surface area (Å²) < 4.78 is 0. The Labute approximate surface area is 75.1 Å². The summed E-state index contributed by atoms with van der Waals surface area (Å²) >= 11 is 0. The van der Waals surface area contributed by atoms with Crippen molar-refractivity contribution in [2.75, 3.05) is 26.2 Å². The molecule has 0 unspecified atom stereocenters. The number of nitrogens with zero attached hydrogens (tertiary/aromatic N) is 1. The maximum atomic E-state index is 11.1. The zero-order valence-electron chi connectivity index (χ0n) is 8.39. The highest BCUT2D eigenvalue weighted by Gasteiger charge is 2.05. The lowest BCUT2D eigenvalue weighted by Gasteiger charge is -2.18. The molecule has 0 aliphatic carbocycles. The molecule has 0 spiro atoms. The Bertz CT molecular complexity index is 126. The Morgan fingerprint density at radius 1 is 1.33 bits per heavy atom. The molecule has 0 aromatic heterocycles. The monoisotopic (exact) mass is 172 g/mol. The van der Waals surface area contributed by atoms with E-state index in [4.69, 9.17) is 0 Å². The molecular formula is C9H20N2O. The van der Waals surface area contributed by atoms with Crippen LogP contribution in [0.25, 0.3) is 0 Å². The van der Waals surface area contributed by atoms with E-state index in [2.05, 4.69) is 24.1 Å². The minimum atomic E-state index is 0.132. The molecule has 0 bridgehead atoms. The van der Waals surface area contributed by atoms with Gasteiger partial charge in [-0.25, -0.2) is 0 Å². The van der Waals surface area contributed by atoms with Crippen LogP contribution in [0.3, 0.4) is 0 Å².